The van der Waals surface area contributed by atoms with Gasteiger partial charge in [0.2, 0.25) is 0 Å². The molecular weight excluding hydrogens is 250 g/mol. The summed E-state index contributed by atoms with van der Waals surface area (Å²) in [5.41, 5.74) is 0.880. The molecule has 0 fully saturated rings. The third kappa shape index (κ3) is 2.77. The molecule has 0 aromatic carbocycles. The minimum absolute atomic E-state index is 0.147. The van der Waals surface area contributed by atoms with E-state index in [1.165, 1.54) is 11.3 Å². The van der Waals surface area contributed by atoms with Crippen molar-refractivity contribution in [3.63, 3.8) is 0 Å². The third-order valence-electron chi connectivity index (χ3n) is 2.67. The van der Waals surface area contributed by atoms with E-state index in [1.54, 1.807) is 13.0 Å². The molecule has 1 atom stereocenters. The molecule has 2 rings (SSSR count). The van der Waals surface area contributed by atoms with Gasteiger partial charge in [-0.05, 0) is 42.3 Å². The Hall–Kier alpha value is -1.66. The van der Waals surface area contributed by atoms with E-state index in [4.69, 9.17) is 0 Å². The molecule has 0 saturated carbocycles. The molecule has 0 aliphatic heterocycles. The zero-order valence-electron chi connectivity index (χ0n) is 10.2. The van der Waals surface area contributed by atoms with E-state index in [1.807, 2.05) is 23.8 Å². The first-order chi connectivity index (χ1) is 8.49. The lowest BCUT2D eigenvalue weighted by molar-refractivity contribution is 0.0528. The van der Waals surface area contributed by atoms with E-state index < -0.39 is 5.60 Å². The molecule has 1 amide bonds. The number of carbonyl (C=O) groups excluding carboxylic acids is 1. The predicted octanol–water partition coefficient (Wildman–Crippen LogP) is 1.42. The maximum Gasteiger partial charge on any atom is 0.271 e. The summed E-state index contributed by atoms with van der Waals surface area (Å²) in [6, 6.07) is 3.50. The largest absolute Gasteiger partial charge is 0.384 e. The normalized spacial score (nSPS) is 14.2. The van der Waals surface area contributed by atoms with Crippen LogP contribution in [-0.2, 0) is 5.60 Å². The summed E-state index contributed by atoms with van der Waals surface area (Å²) in [5, 5.41) is 23.2. The van der Waals surface area contributed by atoms with Crippen LogP contribution in [0, 0.1) is 6.92 Å². The van der Waals surface area contributed by atoms with Crippen LogP contribution in [-0.4, -0.2) is 27.8 Å². The summed E-state index contributed by atoms with van der Waals surface area (Å²) in [4.78, 5) is 11.8. The van der Waals surface area contributed by atoms with Gasteiger partial charge in [0.15, 0.2) is 0 Å². The molecule has 2 aromatic heterocycles. The lowest BCUT2D eigenvalue weighted by Crippen LogP contribution is -2.38. The average molecular weight is 265 g/mol. The van der Waals surface area contributed by atoms with Crippen LogP contribution in [0.15, 0.2) is 22.9 Å². The molecule has 3 N–H and O–H groups in total. The van der Waals surface area contributed by atoms with Crippen LogP contribution in [0.4, 0.5) is 0 Å². The zero-order chi connectivity index (χ0) is 13.2. The van der Waals surface area contributed by atoms with Crippen LogP contribution in [0.2, 0.25) is 0 Å². The van der Waals surface area contributed by atoms with E-state index in [0.717, 1.165) is 11.3 Å². The second kappa shape index (κ2) is 4.91. The van der Waals surface area contributed by atoms with Gasteiger partial charge in [-0.3, -0.25) is 9.89 Å². The van der Waals surface area contributed by atoms with Gasteiger partial charge in [0.1, 0.15) is 11.3 Å². The van der Waals surface area contributed by atoms with Gasteiger partial charge in [-0.1, -0.05) is 0 Å². The van der Waals surface area contributed by atoms with Gasteiger partial charge in [0.25, 0.3) is 5.91 Å². The van der Waals surface area contributed by atoms with Gasteiger partial charge >= 0.3 is 0 Å². The van der Waals surface area contributed by atoms with Crippen molar-refractivity contribution in [2.45, 2.75) is 19.4 Å². The Morgan fingerprint density at radius 1 is 1.67 bits per heavy atom. The van der Waals surface area contributed by atoms with E-state index in [9.17, 15) is 9.90 Å². The Bertz CT molecular complexity index is 531. The minimum atomic E-state index is -1.07. The molecule has 2 aromatic rings. The van der Waals surface area contributed by atoms with Crippen molar-refractivity contribution in [3.8, 4) is 0 Å². The van der Waals surface area contributed by atoms with Crippen molar-refractivity contribution >= 4 is 17.2 Å². The summed E-state index contributed by atoms with van der Waals surface area (Å²) in [5.74, 6) is -0.296. The Labute approximate surface area is 109 Å². The maximum absolute atomic E-state index is 11.8. The molecule has 0 saturated heterocycles. The summed E-state index contributed by atoms with van der Waals surface area (Å²) in [6.07, 6.45) is 0. The number of aryl methyl sites for hydroxylation is 1. The van der Waals surface area contributed by atoms with Crippen LogP contribution in [0.1, 0.15) is 28.7 Å². The molecule has 18 heavy (non-hydrogen) atoms. The Morgan fingerprint density at radius 3 is 3.00 bits per heavy atom. The molecule has 6 heteroatoms. The van der Waals surface area contributed by atoms with Crippen LogP contribution in [0.3, 0.4) is 0 Å². The molecule has 2 heterocycles. The fraction of sp³-hybridized carbons (Fsp3) is 0.333. The van der Waals surface area contributed by atoms with E-state index in [-0.39, 0.29) is 12.5 Å². The molecule has 0 spiro atoms. The van der Waals surface area contributed by atoms with Gasteiger partial charge in [0.05, 0.1) is 6.54 Å². The van der Waals surface area contributed by atoms with Crippen molar-refractivity contribution in [1.29, 1.82) is 0 Å². The van der Waals surface area contributed by atoms with Crippen molar-refractivity contribution in [2.75, 3.05) is 6.54 Å². The second-order valence-corrected chi connectivity index (χ2v) is 5.18. The second-order valence-electron chi connectivity index (χ2n) is 4.40. The average Bonchev–Trinajstić information content (AvgIpc) is 2.96. The topological polar surface area (TPSA) is 78.0 Å². The maximum atomic E-state index is 11.8. The smallest absolute Gasteiger partial charge is 0.271 e. The number of amides is 1. The van der Waals surface area contributed by atoms with Crippen LogP contribution in [0.5, 0.6) is 0 Å². The highest BCUT2D eigenvalue weighted by Gasteiger charge is 2.24. The van der Waals surface area contributed by atoms with E-state index in [2.05, 4.69) is 15.5 Å². The van der Waals surface area contributed by atoms with E-state index in [0.29, 0.717) is 5.69 Å². The summed E-state index contributed by atoms with van der Waals surface area (Å²) in [7, 11) is 0. The summed E-state index contributed by atoms with van der Waals surface area (Å²) < 4.78 is 0. The van der Waals surface area contributed by atoms with Crippen molar-refractivity contribution in [1.82, 2.24) is 15.5 Å². The molecule has 0 aliphatic rings. The molecule has 5 nitrogen and oxygen atoms in total. The first-order valence-electron chi connectivity index (χ1n) is 5.54. The standard InChI is InChI=1S/C12H15N3O2S/c1-8-5-10(15-14-8)11(16)13-7-12(2,17)9-3-4-18-6-9/h3-6,17H,7H2,1-2H3,(H,13,16)(H,14,15). The summed E-state index contributed by atoms with van der Waals surface area (Å²) in [6.45, 7) is 3.64. The van der Waals surface area contributed by atoms with Crippen LogP contribution < -0.4 is 5.32 Å². The molecular formula is C12H15N3O2S. The Balaban J connectivity index is 1.98. The fourth-order valence-corrected chi connectivity index (χ4v) is 2.33. The van der Waals surface area contributed by atoms with Crippen molar-refractivity contribution in [2.24, 2.45) is 0 Å². The quantitative estimate of drug-likeness (QED) is 0.782. The molecule has 0 aliphatic carbocycles. The highest BCUT2D eigenvalue weighted by atomic mass is 32.1. The number of carbonyl (C=O) groups is 1. The highest BCUT2D eigenvalue weighted by molar-refractivity contribution is 7.08. The van der Waals surface area contributed by atoms with Gasteiger partial charge in [0, 0.05) is 5.69 Å². The third-order valence-corrected chi connectivity index (χ3v) is 3.36. The Morgan fingerprint density at radius 2 is 2.44 bits per heavy atom. The van der Waals surface area contributed by atoms with Crippen molar-refractivity contribution in [3.05, 3.63) is 39.8 Å². The SMILES string of the molecule is Cc1cc(C(=O)NCC(C)(O)c2ccsc2)n[nH]1. The first kappa shape index (κ1) is 12.8. The predicted molar refractivity (Wildman–Crippen MR) is 69.5 cm³/mol. The molecule has 0 radical (unpaired) electrons. The zero-order valence-corrected chi connectivity index (χ0v) is 11.0. The molecule has 0 bridgehead atoms. The van der Waals surface area contributed by atoms with Crippen LogP contribution >= 0.6 is 11.3 Å². The highest BCUT2D eigenvalue weighted by Crippen LogP contribution is 2.22. The van der Waals surface area contributed by atoms with E-state index >= 15 is 0 Å². The number of nitrogens with zero attached hydrogens (tertiary/aromatic N) is 1. The number of hydrogen-bond acceptors (Lipinski definition) is 4. The van der Waals surface area contributed by atoms with Gasteiger partial charge in [-0.15, -0.1) is 0 Å². The number of H-pyrrole nitrogens is 1. The number of aliphatic hydroxyl groups is 1. The lowest BCUT2D eigenvalue weighted by Gasteiger charge is -2.22. The molecule has 96 valence electrons. The van der Waals surface area contributed by atoms with Gasteiger partial charge in [-0.25, -0.2) is 0 Å². The van der Waals surface area contributed by atoms with Crippen LogP contribution in [0.25, 0.3) is 0 Å². The fourth-order valence-electron chi connectivity index (χ4n) is 1.55. The van der Waals surface area contributed by atoms with Gasteiger partial charge < -0.3 is 10.4 Å². The monoisotopic (exact) mass is 265 g/mol. The lowest BCUT2D eigenvalue weighted by atomic mass is 9.99. The van der Waals surface area contributed by atoms with Gasteiger partial charge in [-0.2, -0.15) is 16.4 Å². The number of rotatable bonds is 4. The number of aromatic nitrogens is 2. The Kier molecular flexibility index (Phi) is 3.49. The van der Waals surface area contributed by atoms with Crippen molar-refractivity contribution < 1.29 is 9.90 Å². The summed E-state index contributed by atoms with van der Waals surface area (Å²) >= 11 is 1.51. The minimum Gasteiger partial charge on any atom is -0.384 e. The first-order valence-corrected chi connectivity index (χ1v) is 6.48. The number of thiophene rings is 1. The number of aromatic amines is 1. The number of hydrogen-bond donors (Lipinski definition) is 3. The molecule has 1 unspecified atom stereocenters. The number of nitrogens with one attached hydrogen (secondary N) is 2.